The Bertz CT molecular complexity index is 1380. The van der Waals surface area contributed by atoms with Crippen LogP contribution in [0.1, 0.15) is 5.56 Å². The van der Waals surface area contributed by atoms with Gasteiger partial charge in [-0.3, -0.25) is 4.90 Å². The summed E-state index contributed by atoms with van der Waals surface area (Å²) in [5.41, 5.74) is 2.29. The molecule has 0 unspecified atom stereocenters. The van der Waals surface area contributed by atoms with Gasteiger partial charge in [-0.15, -0.1) is 0 Å². The minimum Gasteiger partial charge on any atom is -0.507 e. The van der Waals surface area contributed by atoms with Gasteiger partial charge in [0.1, 0.15) is 22.9 Å². The minimum absolute atomic E-state index is 0.0874. The molecule has 6 nitrogen and oxygen atoms in total. The maximum Gasteiger partial charge on any atom is 0.344 e. The lowest BCUT2D eigenvalue weighted by Crippen LogP contribution is -2.46. The Morgan fingerprint density at radius 1 is 1.00 bits per heavy atom. The summed E-state index contributed by atoms with van der Waals surface area (Å²) in [7, 11) is 1.59. The van der Waals surface area contributed by atoms with Gasteiger partial charge in [-0.1, -0.05) is 24.3 Å². The quantitative estimate of drug-likeness (QED) is 0.438. The Morgan fingerprint density at radius 2 is 1.74 bits per heavy atom. The van der Waals surface area contributed by atoms with Gasteiger partial charge in [-0.05, 0) is 48.0 Å². The van der Waals surface area contributed by atoms with E-state index in [1.807, 2.05) is 23.1 Å². The average Bonchev–Trinajstić information content (AvgIpc) is 2.86. The average molecular weight is 461 g/mol. The Morgan fingerprint density at radius 3 is 2.44 bits per heavy atom. The number of nitrogens with zero attached hydrogens (tertiary/aromatic N) is 2. The zero-order valence-electron chi connectivity index (χ0n) is 18.8. The van der Waals surface area contributed by atoms with Gasteiger partial charge in [0.2, 0.25) is 0 Å². The van der Waals surface area contributed by atoms with Crippen molar-refractivity contribution in [2.45, 2.75) is 6.54 Å². The van der Waals surface area contributed by atoms with Crippen molar-refractivity contribution >= 4 is 16.7 Å². The lowest BCUT2D eigenvalue weighted by Gasteiger charge is -2.36. The molecule has 0 aliphatic carbocycles. The van der Waals surface area contributed by atoms with Gasteiger partial charge in [0.05, 0.1) is 23.9 Å². The van der Waals surface area contributed by atoms with Crippen molar-refractivity contribution in [2.75, 3.05) is 38.2 Å². The normalized spacial score (nSPS) is 14.5. The third-order valence-corrected chi connectivity index (χ3v) is 6.33. The van der Waals surface area contributed by atoms with E-state index in [1.54, 1.807) is 49.6 Å². The Kier molecular flexibility index (Phi) is 5.94. The number of ether oxygens (including phenoxy) is 1. The van der Waals surface area contributed by atoms with E-state index in [0.717, 1.165) is 10.9 Å². The lowest BCUT2D eigenvalue weighted by molar-refractivity contribution is 0.246. The monoisotopic (exact) mass is 460 g/mol. The molecule has 174 valence electrons. The molecule has 34 heavy (non-hydrogen) atoms. The van der Waals surface area contributed by atoms with Crippen molar-refractivity contribution in [1.82, 2.24) is 4.90 Å². The van der Waals surface area contributed by atoms with Crippen LogP contribution in [0.2, 0.25) is 0 Å². The number of para-hydroxylation sites is 1. The third kappa shape index (κ3) is 4.22. The first kappa shape index (κ1) is 22.0. The van der Waals surface area contributed by atoms with Crippen LogP contribution >= 0.6 is 0 Å². The molecule has 7 heteroatoms. The molecular formula is C27H25FN2O4. The van der Waals surface area contributed by atoms with Crippen molar-refractivity contribution < 1.29 is 18.7 Å². The molecular weight excluding hydrogens is 435 g/mol. The minimum atomic E-state index is -0.464. The molecule has 1 aliphatic rings. The second kappa shape index (κ2) is 9.19. The molecule has 1 aromatic heterocycles. The van der Waals surface area contributed by atoms with Gasteiger partial charge < -0.3 is 19.2 Å². The lowest BCUT2D eigenvalue weighted by atomic mass is 10.0. The van der Waals surface area contributed by atoms with E-state index in [0.29, 0.717) is 60.9 Å². The zero-order valence-corrected chi connectivity index (χ0v) is 18.8. The fourth-order valence-corrected chi connectivity index (χ4v) is 4.44. The molecule has 0 spiro atoms. The molecule has 0 bridgehead atoms. The van der Waals surface area contributed by atoms with Crippen LogP contribution in [-0.2, 0) is 6.54 Å². The Hall–Kier alpha value is -3.84. The number of phenols is 1. The highest BCUT2D eigenvalue weighted by molar-refractivity contribution is 5.85. The summed E-state index contributed by atoms with van der Waals surface area (Å²) in [6.07, 6.45) is 0. The molecule has 1 N–H and O–H groups in total. The van der Waals surface area contributed by atoms with E-state index < -0.39 is 5.63 Å². The fourth-order valence-electron chi connectivity index (χ4n) is 4.44. The number of methoxy groups -OCH3 is 1. The van der Waals surface area contributed by atoms with E-state index in [-0.39, 0.29) is 11.6 Å². The van der Waals surface area contributed by atoms with Gasteiger partial charge in [-0.2, -0.15) is 0 Å². The van der Waals surface area contributed by atoms with Crippen molar-refractivity contribution in [3.05, 3.63) is 88.5 Å². The van der Waals surface area contributed by atoms with Crippen LogP contribution in [0.25, 0.3) is 22.1 Å². The van der Waals surface area contributed by atoms with E-state index in [4.69, 9.17) is 9.15 Å². The first-order chi connectivity index (χ1) is 16.5. The van der Waals surface area contributed by atoms with E-state index in [2.05, 4.69) is 4.90 Å². The molecule has 0 radical (unpaired) electrons. The predicted octanol–water partition coefficient (Wildman–Crippen LogP) is 4.64. The maximum absolute atomic E-state index is 14.1. The second-order valence-corrected chi connectivity index (χ2v) is 8.37. The number of piperazine rings is 1. The van der Waals surface area contributed by atoms with E-state index in [1.165, 1.54) is 6.07 Å². The number of rotatable bonds is 5. The number of anilines is 1. The van der Waals surface area contributed by atoms with Crippen molar-refractivity contribution in [1.29, 1.82) is 0 Å². The molecule has 0 saturated carbocycles. The Labute approximate surface area is 196 Å². The molecule has 3 aromatic carbocycles. The summed E-state index contributed by atoms with van der Waals surface area (Å²) in [4.78, 5) is 17.0. The molecule has 5 rings (SSSR count). The van der Waals surface area contributed by atoms with Crippen LogP contribution in [0.4, 0.5) is 10.1 Å². The molecule has 0 atom stereocenters. The molecule has 4 aromatic rings. The molecule has 1 aliphatic heterocycles. The smallest absolute Gasteiger partial charge is 0.344 e. The van der Waals surface area contributed by atoms with Crippen LogP contribution in [-0.4, -0.2) is 43.3 Å². The first-order valence-corrected chi connectivity index (χ1v) is 11.2. The first-order valence-electron chi connectivity index (χ1n) is 11.2. The highest BCUT2D eigenvalue weighted by Crippen LogP contribution is 2.31. The zero-order chi connectivity index (χ0) is 23.7. The topological polar surface area (TPSA) is 66.2 Å². The van der Waals surface area contributed by atoms with Gasteiger partial charge >= 0.3 is 5.63 Å². The van der Waals surface area contributed by atoms with Crippen LogP contribution in [0.15, 0.2) is 75.9 Å². The number of phenolic OH excluding ortho intramolecular Hbond substituents is 1. The van der Waals surface area contributed by atoms with Gasteiger partial charge in [-0.25, -0.2) is 9.18 Å². The molecule has 0 amide bonds. The van der Waals surface area contributed by atoms with E-state index >= 15 is 0 Å². The molecule has 1 fully saturated rings. The van der Waals surface area contributed by atoms with Crippen molar-refractivity contribution in [2.24, 2.45) is 0 Å². The SMILES string of the molecule is COc1ccc(-c2cc3ccc(O)c(CN4CCN(c5ccccc5F)CC4)c3oc2=O)cc1. The summed E-state index contributed by atoms with van der Waals surface area (Å²) in [5.74, 6) is 0.567. The summed E-state index contributed by atoms with van der Waals surface area (Å²) >= 11 is 0. The van der Waals surface area contributed by atoms with Gasteiger partial charge in [0.15, 0.2) is 0 Å². The van der Waals surface area contributed by atoms with Crippen LogP contribution in [0.3, 0.4) is 0 Å². The van der Waals surface area contributed by atoms with Crippen molar-refractivity contribution in [3.63, 3.8) is 0 Å². The number of halogens is 1. The Balaban J connectivity index is 1.39. The summed E-state index contributed by atoms with van der Waals surface area (Å²) in [6, 6.07) is 19.2. The molecule has 2 heterocycles. The number of hydrogen-bond acceptors (Lipinski definition) is 6. The number of fused-ring (bicyclic) bond motifs is 1. The number of hydrogen-bond donors (Lipinski definition) is 1. The third-order valence-electron chi connectivity index (χ3n) is 6.33. The second-order valence-electron chi connectivity index (χ2n) is 8.37. The van der Waals surface area contributed by atoms with Gasteiger partial charge in [0, 0.05) is 38.1 Å². The number of aromatic hydroxyl groups is 1. The maximum atomic E-state index is 14.1. The van der Waals surface area contributed by atoms with Gasteiger partial charge in [0.25, 0.3) is 0 Å². The highest BCUT2D eigenvalue weighted by atomic mass is 19.1. The number of benzene rings is 3. The fraction of sp³-hybridized carbons (Fsp3) is 0.222. The standard InChI is InChI=1S/C27H25FN2O4/c1-33-20-9-6-18(7-10-20)21-16-19-8-11-25(31)22(26(19)34-27(21)32)17-29-12-14-30(15-13-29)24-5-3-2-4-23(24)28/h2-11,16,31H,12-15,17H2,1H3. The largest absolute Gasteiger partial charge is 0.507 e. The van der Waals surface area contributed by atoms with Crippen LogP contribution < -0.4 is 15.3 Å². The molecule has 1 saturated heterocycles. The van der Waals surface area contributed by atoms with E-state index in [9.17, 15) is 14.3 Å². The van der Waals surface area contributed by atoms with Crippen molar-refractivity contribution in [3.8, 4) is 22.6 Å². The summed E-state index contributed by atoms with van der Waals surface area (Å²) in [5, 5.41) is 11.3. The highest BCUT2D eigenvalue weighted by Gasteiger charge is 2.22. The predicted molar refractivity (Wildman–Crippen MR) is 130 cm³/mol. The summed E-state index contributed by atoms with van der Waals surface area (Å²) in [6.45, 7) is 3.14. The van der Waals surface area contributed by atoms with Crippen LogP contribution in [0.5, 0.6) is 11.5 Å². The van der Waals surface area contributed by atoms with Crippen LogP contribution in [0, 0.1) is 5.82 Å². The summed E-state index contributed by atoms with van der Waals surface area (Å²) < 4.78 is 25.1.